The lowest BCUT2D eigenvalue weighted by Crippen LogP contribution is -2.24. The molecule has 2 aromatic rings. The van der Waals surface area contributed by atoms with E-state index in [0.717, 1.165) is 5.56 Å². The molecule has 1 heterocycles. The fourth-order valence-corrected chi connectivity index (χ4v) is 1.86. The number of Topliss-reactive ketones (excluding diaryl/α,β-unsaturated/α-hetero) is 2. The minimum absolute atomic E-state index is 0.139. The minimum Gasteiger partial charge on any atom is -0.461 e. The Bertz CT molecular complexity index is 526. The van der Waals surface area contributed by atoms with Crippen LogP contribution in [0.4, 0.5) is 0 Å². The maximum Gasteiger partial charge on any atom is 0.208 e. The van der Waals surface area contributed by atoms with Crippen LogP contribution in [-0.4, -0.2) is 11.6 Å². The second-order valence-corrected chi connectivity index (χ2v) is 4.19. The Balaban J connectivity index is 2.19. The second kappa shape index (κ2) is 5.45. The summed E-state index contributed by atoms with van der Waals surface area (Å²) in [6, 6.07) is 12.7. The van der Waals surface area contributed by atoms with Crippen LogP contribution in [0.2, 0.25) is 0 Å². The van der Waals surface area contributed by atoms with Crippen LogP contribution in [0.25, 0.3) is 0 Å². The fourth-order valence-electron chi connectivity index (χ4n) is 1.86. The van der Waals surface area contributed by atoms with Crippen molar-refractivity contribution < 1.29 is 14.0 Å². The van der Waals surface area contributed by atoms with E-state index in [1.54, 1.807) is 12.1 Å². The van der Waals surface area contributed by atoms with Crippen LogP contribution in [0.5, 0.6) is 0 Å². The van der Waals surface area contributed by atoms with Gasteiger partial charge in [0.1, 0.15) is 5.78 Å². The average Bonchev–Trinajstić information content (AvgIpc) is 2.90. The summed E-state index contributed by atoms with van der Waals surface area (Å²) < 4.78 is 5.06. The van der Waals surface area contributed by atoms with Gasteiger partial charge in [-0.15, -0.1) is 0 Å². The summed E-state index contributed by atoms with van der Waals surface area (Å²) in [6.45, 7) is 1.44. The summed E-state index contributed by atoms with van der Waals surface area (Å²) >= 11 is 0. The molecule has 1 atom stereocenters. The highest BCUT2D eigenvalue weighted by atomic mass is 16.3. The van der Waals surface area contributed by atoms with Gasteiger partial charge in [0.05, 0.1) is 12.2 Å². The predicted molar refractivity (Wildman–Crippen MR) is 67.4 cm³/mol. The number of rotatable bonds is 5. The smallest absolute Gasteiger partial charge is 0.208 e. The summed E-state index contributed by atoms with van der Waals surface area (Å²) in [5.74, 6) is -0.818. The van der Waals surface area contributed by atoms with Crippen LogP contribution < -0.4 is 0 Å². The van der Waals surface area contributed by atoms with Gasteiger partial charge in [0, 0.05) is 0 Å². The molecule has 0 saturated heterocycles. The Morgan fingerprint density at radius 3 is 2.39 bits per heavy atom. The van der Waals surface area contributed by atoms with E-state index in [2.05, 4.69) is 0 Å². The highest BCUT2D eigenvalue weighted by molar-refractivity contribution is 6.08. The van der Waals surface area contributed by atoms with Gasteiger partial charge in [-0.1, -0.05) is 30.3 Å². The van der Waals surface area contributed by atoms with E-state index in [0.29, 0.717) is 6.42 Å². The van der Waals surface area contributed by atoms with Crippen molar-refractivity contribution in [2.75, 3.05) is 0 Å². The van der Waals surface area contributed by atoms with Gasteiger partial charge in [-0.3, -0.25) is 9.59 Å². The van der Waals surface area contributed by atoms with Gasteiger partial charge in [-0.25, -0.2) is 0 Å². The molecule has 0 radical (unpaired) electrons. The number of carbonyl (C=O) groups excluding carboxylic acids is 2. The minimum atomic E-state index is -0.668. The number of benzene rings is 1. The van der Waals surface area contributed by atoms with Crippen molar-refractivity contribution in [3.63, 3.8) is 0 Å². The van der Waals surface area contributed by atoms with E-state index in [1.165, 1.54) is 13.2 Å². The fraction of sp³-hybridized carbons (Fsp3) is 0.200. The van der Waals surface area contributed by atoms with Gasteiger partial charge in [0.25, 0.3) is 0 Å². The molecule has 0 saturated carbocycles. The zero-order valence-corrected chi connectivity index (χ0v) is 10.1. The largest absolute Gasteiger partial charge is 0.461 e. The van der Waals surface area contributed by atoms with E-state index in [9.17, 15) is 9.59 Å². The molecule has 0 bridgehead atoms. The molecule has 0 fully saturated rings. The maximum atomic E-state index is 12.1. The first-order valence-electron chi connectivity index (χ1n) is 5.80. The summed E-state index contributed by atoms with van der Waals surface area (Å²) in [6.07, 6.45) is 1.85. The zero-order chi connectivity index (χ0) is 13.0. The topological polar surface area (TPSA) is 47.3 Å². The molecule has 1 aromatic heterocycles. The SMILES string of the molecule is CC(=O)C(Cc1ccccc1)C(=O)c1ccco1. The molecule has 0 aliphatic carbocycles. The average molecular weight is 242 g/mol. The Morgan fingerprint density at radius 1 is 1.11 bits per heavy atom. The molecule has 18 heavy (non-hydrogen) atoms. The second-order valence-electron chi connectivity index (χ2n) is 4.19. The van der Waals surface area contributed by atoms with Crippen molar-refractivity contribution in [3.05, 3.63) is 60.1 Å². The molecule has 92 valence electrons. The van der Waals surface area contributed by atoms with Crippen molar-refractivity contribution in [1.29, 1.82) is 0 Å². The van der Waals surface area contributed by atoms with Gasteiger partial charge < -0.3 is 4.42 Å². The lowest BCUT2D eigenvalue weighted by atomic mass is 9.91. The summed E-state index contributed by atoms with van der Waals surface area (Å²) in [5, 5.41) is 0. The highest BCUT2D eigenvalue weighted by Crippen LogP contribution is 2.16. The Labute approximate surface area is 105 Å². The van der Waals surface area contributed by atoms with Crippen LogP contribution >= 0.6 is 0 Å². The Morgan fingerprint density at radius 2 is 1.83 bits per heavy atom. The van der Waals surface area contributed by atoms with Crippen LogP contribution in [0.15, 0.2) is 53.1 Å². The van der Waals surface area contributed by atoms with Crippen molar-refractivity contribution in [2.45, 2.75) is 13.3 Å². The summed E-state index contributed by atoms with van der Waals surface area (Å²) in [5.41, 5.74) is 0.970. The first-order valence-corrected chi connectivity index (χ1v) is 5.80. The first-order chi connectivity index (χ1) is 8.68. The predicted octanol–water partition coefficient (Wildman–Crippen LogP) is 2.91. The Kier molecular flexibility index (Phi) is 3.72. The third-order valence-electron chi connectivity index (χ3n) is 2.85. The monoisotopic (exact) mass is 242 g/mol. The van der Waals surface area contributed by atoms with Gasteiger partial charge >= 0.3 is 0 Å². The Hall–Kier alpha value is -2.16. The van der Waals surface area contributed by atoms with Crippen LogP contribution in [-0.2, 0) is 11.2 Å². The molecule has 1 unspecified atom stereocenters. The van der Waals surface area contributed by atoms with Crippen molar-refractivity contribution in [2.24, 2.45) is 5.92 Å². The molecule has 0 aliphatic heterocycles. The molecule has 0 aliphatic rings. The lowest BCUT2D eigenvalue weighted by Gasteiger charge is -2.11. The molecule has 2 rings (SSSR count). The third-order valence-corrected chi connectivity index (χ3v) is 2.85. The number of furan rings is 1. The molecule has 3 heteroatoms. The number of hydrogen-bond donors (Lipinski definition) is 0. The summed E-state index contributed by atoms with van der Waals surface area (Å²) in [4.78, 5) is 23.8. The van der Waals surface area contributed by atoms with E-state index >= 15 is 0 Å². The van der Waals surface area contributed by atoms with Crippen LogP contribution in [0.3, 0.4) is 0 Å². The molecule has 0 amide bonds. The molecule has 0 spiro atoms. The quantitative estimate of drug-likeness (QED) is 0.598. The molecule has 3 nitrogen and oxygen atoms in total. The van der Waals surface area contributed by atoms with Crippen molar-refractivity contribution in [1.82, 2.24) is 0 Å². The van der Waals surface area contributed by atoms with E-state index < -0.39 is 5.92 Å². The van der Waals surface area contributed by atoms with E-state index in [-0.39, 0.29) is 17.3 Å². The number of carbonyl (C=O) groups is 2. The van der Waals surface area contributed by atoms with Gasteiger partial charge in [0.2, 0.25) is 5.78 Å². The van der Waals surface area contributed by atoms with Gasteiger partial charge in [-0.2, -0.15) is 0 Å². The lowest BCUT2D eigenvalue weighted by molar-refractivity contribution is -0.119. The van der Waals surface area contributed by atoms with E-state index in [4.69, 9.17) is 4.42 Å². The van der Waals surface area contributed by atoms with Crippen LogP contribution in [0.1, 0.15) is 23.0 Å². The van der Waals surface area contributed by atoms with Crippen LogP contribution in [0, 0.1) is 5.92 Å². The first kappa shape index (κ1) is 12.3. The molecular formula is C15H14O3. The molecule has 1 aromatic carbocycles. The maximum absolute atomic E-state index is 12.1. The number of hydrogen-bond acceptors (Lipinski definition) is 3. The molecule has 0 N–H and O–H groups in total. The summed E-state index contributed by atoms with van der Waals surface area (Å²) in [7, 11) is 0. The van der Waals surface area contributed by atoms with Gasteiger partial charge in [-0.05, 0) is 31.0 Å². The number of ketones is 2. The zero-order valence-electron chi connectivity index (χ0n) is 10.1. The van der Waals surface area contributed by atoms with Crippen molar-refractivity contribution in [3.8, 4) is 0 Å². The van der Waals surface area contributed by atoms with E-state index in [1.807, 2.05) is 30.3 Å². The molecular weight excluding hydrogens is 228 g/mol. The third kappa shape index (κ3) is 2.74. The standard InChI is InChI=1S/C15H14O3/c1-11(16)13(10-12-6-3-2-4-7-12)15(17)14-8-5-9-18-14/h2-9,13H,10H2,1H3. The van der Waals surface area contributed by atoms with Gasteiger partial charge in [0.15, 0.2) is 5.76 Å². The highest BCUT2D eigenvalue weighted by Gasteiger charge is 2.26. The normalized spacial score (nSPS) is 12.1. The van der Waals surface area contributed by atoms with Crippen molar-refractivity contribution >= 4 is 11.6 Å².